The molecule has 3 aromatic rings. The molecule has 2 heterocycles. The van der Waals surface area contributed by atoms with Crippen molar-refractivity contribution in [2.45, 2.75) is 13.8 Å². The molecule has 7 heteroatoms. The number of hydrazone groups is 1. The molecular formula is C15H12Cl2N4S. The van der Waals surface area contributed by atoms with Gasteiger partial charge in [0.15, 0.2) is 5.82 Å². The van der Waals surface area contributed by atoms with Crippen LogP contribution in [0.5, 0.6) is 0 Å². The standard InChI is InChI=1S/C15H12Cl2N4S/c1-8-9(2)22-15-13(8)14(18-7-19-15)21-20-6-10-11(16)4-3-5-12(10)17/h3-7H,1-2H3,(H,18,19,21). The molecular weight excluding hydrogens is 339 g/mol. The van der Waals surface area contributed by atoms with Gasteiger partial charge < -0.3 is 0 Å². The third kappa shape index (κ3) is 2.79. The summed E-state index contributed by atoms with van der Waals surface area (Å²) in [6.45, 7) is 4.12. The van der Waals surface area contributed by atoms with Gasteiger partial charge >= 0.3 is 0 Å². The largest absolute Gasteiger partial charge is 0.261 e. The minimum atomic E-state index is 0.549. The van der Waals surface area contributed by atoms with Crippen LogP contribution < -0.4 is 5.43 Å². The highest BCUT2D eigenvalue weighted by atomic mass is 35.5. The number of aryl methyl sites for hydroxylation is 2. The van der Waals surface area contributed by atoms with E-state index in [0.29, 0.717) is 21.4 Å². The van der Waals surface area contributed by atoms with Crippen molar-refractivity contribution in [3.05, 3.63) is 50.6 Å². The maximum atomic E-state index is 6.11. The Labute approximate surface area is 141 Å². The minimum Gasteiger partial charge on any atom is -0.261 e. The summed E-state index contributed by atoms with van der Waals surface area (Å²) in [4.78, 5) is 10.7. The summed E-state index contributed by atoms with van der Waals surface area (Å²) in [5.74, 6) is 0.672. The van der Waals surface area contributed by atoms with E-state index in [2.05, 4.69) is 34.3 Å². The van der Waals surface area contributed by atoms with Crippen LogP contribution in [0.1, 0.15) is 16.0 Å². The summed E-state index contributed by atoms with van der Waals surface area (Å²) in [5.41, 5.74) is 4.78. The molecule has 22 heavy (non-hydrogen) atoms. The number of thiophene rings is 1. The lowest BCUT2D eigenvalue weighted by molar-refractivity contribution is 1.19. The van der Waals surface area contributed by atoms with E-state index >= 15 is 0 Å². The Morgan fingerprint density at radius 2 is 1.91 bits per heavy atom. The van der Waals surface area contributed by atoms with E-state index in [4.69, 9.17) is 23.2 Å². The van der Waals surface area contributed by atoms with E-state index in [-0.39, 0.29) is 0 Å². The molecule has 0 spiro atoms. The minimum absolute atomic E-state index is 0.549. The van der Waals surface area contributed by atoms with Crippen LogP contribution in [-0.4, -0.2) is 16.2 Å². The SMILES string of the molecule is Cc1sc2ncnc(NN=Cc3c(Cl)cccc3Cl)c2c1C. The molecule has 0 atom stereocenters. The second-order valence-corrected chi connectivity index (χ2v) is 6.71. The Hall–Kier alpha value is -1.69. The van der Waals surface area contributed by atoms with Gasteiger partial charge in [0.2, 0.25) is 0 Å². The zero-order valence-corrected chi connectivity index (χ0v) is 14.2. The summed E-state index contributed by atoms with van der Waals surface area (Å²) < 4.78 is 0. The molecule has 0 saturated heterocycles. The van der Waals surface area contributed by atoms with Crippen molar-refractivity contribution in [1.82, 2.24) is 9.97 Å². The summed E-state index contributed by atoms with van der Waals surface area (Å²) in [5, 5.41) is 6.30. The number of benzene rings is 1. The zero-order chi connectivity index (χ0) is 15.7. The Morgan fingerprint density at radius 1 is 1.18 bits per heavy atom. The Bertz CT molecular complexity index is 853. The lowest BCUT2D eigenvalue weighted by atomic mass is 10.2. The summed E-state index contributed by atoms with van der Waals surface area (Å²) in [6, 6.07) is 5.33. The highest BCUT2D eigenvalue weighted by molar-refractivity contribution is 7.18. The van der Waals surface area contributed by atoms with Crippen LogP contribution in [0.15, 0.2) is 29.6 Å². The van der Waals surface area contributed by atoms with Gasteiger partial charge in [-0.15, -0.1) is 11.3 Å². The van der Waals surface area contributed by atoms with Crippen molar-refractivity contribution >= 4 is 56.8 Å². The van der Waals surface area contributed by atoms with Gasteiger partial charge in [0.1, 0.15) is 11.2 Å². The van der Waals surface area contributed by atoms with Crippen LogP contribution in [-0.2, 0) is 0 Å². The Morgan fingerprint density at radius 3 is 2.64 bits per heavy atom. The van der Waals surface area contributed by atoms with Crippen molar-refractivity contribution in [2.75, 3.05) is 5.43 Å². The summed E-state index contributed by atoms with van der Waals surface area (Å²) in [6.07, 6.45) is 3.12. The van der Waals surface area contributed by atoms with Crippen LogP contribution in [0.4, 0.5) is 5.82 Å². The van der Waals surface area contributed by atoms with Gasteiger partial charge in [0.05, 0.1) is 21.6 Å². The number of rotatable bonds is 3. The second kappa shape index (κ2) is 6.20. The van der Waals surface area contributed by atoms with Gasteiger partial charge in [0, 0.05) is 10.4 Å². The molecule has 0 aliphatic rings. The monoisotopic (exact) mass is 350 g/mol. The molecule has 112 valence electrons. The third-order valence-corrected chi connectivity index (χ3v) is 5.10. The molecule has 1 N–H and O–H groups in total. The third-order valence-electron chi connectivity index (χ3n) is 3.33. The topological polar surface area (TPSA) is 50.2 Å². The zero-order valence-electron chi connectivity index (χ0n) is 11.9. The van der Waals surface area contributed by atoms with E-state index in [1.807, 2.05) is 0 Å². The fraction of sp³-hybridized carbons (Fsp3) is 0.133. The molecule has 0 aliphatic carbocycles. The number of nitrogens with one attached hydrogen (secondary N) is 1. The number of anilines is 1. The van der Waals surface area contributed by atoms with Gasteiger partial charge in [-0.3, -0.25) is 5.43 Å². The molecule has 0 bridgehead atoms. The normalized spacial score (nSPS) is 11.5. The van der Waals surface area contributed by atoms with Crippen LogP contribution in [0.3, 0.4) is 0 Å². The van der Waals surface area contributed by atoms with Gasteiger partial charge in [-0.05, 0) is 31.5 Å². The molecule has 0 amide bonds. The van der Waals surface area contributed by atoms with Crippen molar-refractivity contribution in [1.29, 1.82) is 0 Å². The maximum absolute atomic E-state index is 6.11. The lowest BCUT2D eigenvalue weighted by Crippen LogP contribution is -1.96. The molecule has 2 aromatic heterocycles. The number of fused-ring (bicyclic) bond motifs is 1. The molecule has 0 unspecified atom stereocenters. The quantitative estimate of drug-likeness (QED) is 0.530. The van der Waals surface area contributed by atoms with Gasteiger partial charge in [-0.25, -0.2) is 9.97 Å². The molecule has 0 aliphatic heterocycles. The predicted octanol–water partition coefficient (Wildman–Crippen LogP) is 5.06. The van der Waals surface area contributed by atoms with Gasteiger partial charge in [0.25, 0.3) is 0 Å². The number of hydrogen-bond donors (Lipinski definition) is 1. The molecule has 4 nitrogen and oxygen atoms in total. The lowest BCUT2D eigenvalue weighted by Gasteiger charge is -2.03. The van der Waals surface area contributed by atoms with Crippen molar-refractivity contribution in [2.24, 2.45) is 5.10 Å². The van der Waals surface area contributed by atoms with Crippen LogP contribution in [0.2, 0.25) is 10.0 Å². The molecule has 1 aromatic carbocycles. The predicted molar refractivity (Wildman–Crippen MR) is 94.6 cm³/mol. The average Bonchev–Trinajstić information content (AvgIpc) is 2.78. The first-order valence-electron chi connectivity index (χ1n) is 6.51. The molecule has 3 rings (SSSR count). The van der Waals surface area contributed by atoms with E-state index < -0.39 is 0 Å². The smallest absolute Gasteiger partial charge is 0.158 e. The fourth-order valence-electron chi connectivity index (χ4n) is 2.06. The highest BCUT2D eigenvalue weighted by Crippen LogP contribution is 2.32. The first-order chi connectivity index (χ1) is 10.6. The van der Waals surface area contributed by atoms with Gasteiger partial charge in [-0.2, -0.15) is 5.10 Å². The van der Waals surface area contributed by atoms with Crippen molar-refractivity contribution < 1.29 is 0 Å². The number of hydrogen-bond acceptors (Lipinski definition) is 5. The van der Waals surface area contributed by atoms with Crippen molar-refractivity contribution in [3.63, 3.8) is 0 Å². The first kappa shape index (κ1) is 15.2. The van der Waals surface area contributed by atoms with Crippen LogP contribution in [0, 0.1) is 13.8 Å². The van der Waals surface area contributed by atoms with Crippen LogP contribution >= 0.6 is 34.5 Å². The van der Waals surface area contributed by atoms with E-state index in [1.54, 1.807) is 35.8 Å². The Balaban J connectivity index is 1.93. The highest BCUT2D eigenvalue weighted by Gasteiger charge is 2.11. The molecule has 0 fully saturated rings. The Kier molecular flexibility index (Phi) is 4.29. The summed E-state index contributed by atoms with van der Waals surface area (Å²) >= 11 is 13.9. The molecule has 0 saturated carbocycles. The summed E-state index contributed by atoms with van der Waals surface area (Å²) in [7, 11) is 0. The average molecular weight is 351 g/mol. The fourth-order valence-corrected chi connectivity index (χ4v) is 3.55. The number of nitrogens with zero attached hydrogens (tertiary/aromatic N) is 3. The maximum Gasteiger partial charge on any atom is 0.158 e. The number of aromatic nitrogens is 2. The van der Waals surface area contributed by atoms with E-state index in [0.717, 1.165) is 15.8 Å². The van der Waals surface area contributed by atoms with Crippen LogP contribution in [0.25, 0.3) is 10.2 Å². The second-order valence-electron chi connectivity index (χ2n) is 4.69. The van der Waals surface area contributed by atoms with Gasteiger partial charge in [-0.1, -0.05) is 29.3 Å². The number of halogens is 2. The first-order valence-corrected chi connectivity index (χ1v) is 8.09. The van der Waals surface area contributed by atoms with Crippen molar-refractivity contribution in [3.8, 4) is 0 Å². The molecule has 0 radical (unpaired) electrons. The van der Waals surface area contributed by atoms with E-state index in [1.165, 1.54) is 11.2 Å². The van der Waals surface area contributed by atoms with E-state index in [9.17, 15) is 0 Å².